The van der Waals surface area contributed by atoms with Crippen molar-refractivity contribution >= 4 is 33.4 Å². The number of aryl methyl sites for hydroxylation is 1. The lowest BCUT2D eigenvalue weighted by Crippen LogP contribution is -2.42. The number of hydrazine groups is 1. The molecule has 0 saturated carbocycles. The molecule has 2 amide bonds. The highest BCUT2D eigenvalue weighted by atomic mass is 32.1. The molecule has 2 aromatic heterocycles. The number of halogens is 1. The number of hydrogen-bond acceptors (Lipinski definition) is 4. The second-order valence-electron chi connectivity index (χ2n) is 6.47. The molecule has 0 aliphatic rings. The van der Waals surface area contributed by atoms with Crippen molar-refractivity contribution in [3.05, 3.63) is 82.6 Å². The number of amides is 2. The van der Waals surface area contributed by atoms with Gasteiger partial charge in [0.25, 0.3) is 5.91 Å². The second kappa shape index (κ2) is 7.84. The minimum Gasteiger partial charge on any atom is -0.273 e. The number of benzene rings is 2. The zero-order chi connectivity index (χ0) is 20.4. The van der Waals surface area contributed by atoms with Crippen LogP contribution in [0.5, 0.6) is 0 Å². The molecule has 0 atom stereocenters. The molecule has 2 aromatic carbocycles. The first kappa shape index (κ1) is 18.8. The van der Waals surface area contributed by atoms with Gasteiger partial charge in [-0.15, -0.1) is 11.3 Å². The molecule has 0 spiro atoms. The Balaban J connectivity index is 1.46. The standard InChI is InChI=1S/C21H17FN4O2S/c1-13-17-12-18(29-21(17)26(25-13)16-5-3-2-4-6-16)20(28)24-23-19(27)11-14-7-9-15(22)10-8-14/h2-10,12H,11H2,1H3,(H,23,27)(H,24,28). The predicted molar refractivity (Wildman–Crippen MR) is 109 cm³/mol. The van der Waals surface area contributed by atoms with E-state index in [0.29, 0.717) is 10.4 Å². The zero-order valence-corrected chi connectivity index (χ0v) is 16.3. The van der Waals surface area contributed by atoms with Crippen LogP contribution in [0.2, 0.25) is 0 Å². The highest BCUT2D eigenvalue weighted by Crippen LogP contribution is 2.30. The Morgan fingerprint density at radius 3 is 2.52 bits per heavy atom. The van der Waals surface area contributed by atoms with Crippen LogP contribution < -0.4 is 10.9 Å². The molecule has 0 saturated heterocycles. The lowest BCUT2D eigenvalue weighted by molar-refractivity contribution is -0.121. The van der Waals surface area contributed by atoms with Gasteiger partial charge >= 0.3 is 0 Å². The van der Waals surface area contributed by atoms with E-state index in [2.05, 4.69) is 16.0 Å². The van der Waals surface area contributed by atoms with Crippen LogP contribution >= 0.6 is 11.3 Å². The largest absolute Gasteiger partial charge is 0.279 e. The van der Waals surface area contributed by atoms with Crippen molar-refractivity contribution in [3.8, 4) is 5.69 Å². The van der Waals surface area contributed by atoms with Gasteiger partial charge in [0.15, 0.2) is 0 Å². The number of para-hydroxylation sites is 1. The highest BCUT2D eigenvalue weighted by molar-refractivity contribution is 7.20. The first-order valence-electron chi connectivity index (χ1n) is 8.89. The first-order valence-corrected chi connectivity index (χ1v) is 9.71. The molecule has 4 aromatic rings. The van der Waals surface area contributed by atoms with E-state index in [1.165, 1.54) is 35.6 Å². The van der Waals surface area contributed by atoms with E-state index in [1.54, 1.807) is 10.7 Å². The summed E-state index contributed by atoms with van der Waals surface area (Å²) in [6.45, 7) is 1.89. The number of carbonyl (C=O) groups is 2. The Hall–Kier alpha value is -3.52. The van der Waals surface area contributed by atoms with Gasteiger partial charge in [-0.2, -0.15) is 5.10 Å². The van der Waals surface area contributed by atoms with Gasteiger partial charge in [0.1, 0.15) is 10.6 Å². The lowest BCUT2D eigenvalue weighted by atomic mass is 10.1. The smallest absolute Gasteiger partial charge is 0.273 e. The average Bonchev–Trinajstić information content (AvgIpc) is 3.29. The minimum absolute atomic E-state index is 0.0368. The molecule has 0 aliphatic carbocycles. The summed E-state index contributed by atoms with van der Waals surface area (Å²) in [6.07, 6.45) is 0.0368. The van der Waals surface area contributed by atoms with Gasteiger partial charge in [0.2, 0.25) is 5.91 Å². The number of fused-ring (bicyclic) bond motifs is 1. The predicted octanol–water partition coefficient (Wildman–Crippen LogP) is 3.54. The quantitative estimate of drug-likeness (QED) is 0.507. The van der Waals surface area contributed by atoms with E-state index in [1.807, 2.05) is 37.3 Å². The number of hydrogen-bond donors (Lipinski definition) is 2. The normalized spacial score (nSPS) is 10.8. The first-order chi connectivity index (χ1) is 14.0. The molecule has 8 heteroatoms. The average molecular weight is 408 g/mol. The number of thiophene rings is 1. The van der Waals surface area contributed by atoms with Gasteiger partial charge in [-0.3, -0.25) is 20.4 Å². The molecule has 29 heavy (non-hydrogen) atoms. The van der Waals surface area contributed by atoms with E-state index < -0.39 is 11.8 Å². The van der Waals surface area contributed by atoms with Gasteiger partial charge < -0.3 is 0 Å². The van der Waals surface area contributed by atoms with Crippen LogP contribution in [-0.2, 0) is 11.2 Å². The SMILES string of the molecule is Cc1nn(-c2ccccc2)c2sc(C(=O)NNC(=O)Cc3ccc(F)cc3)cc12. The molecule has 2 heterocycles. The minimum atomic E-state index is -0.405. The summed E-state index contributed by atoms with van der Waals surface area (Å²) in [5.74, 6) is -1.16. The molecule has 4 rings (SSSR count). The summed E-state index contributed by atoms with van der Waals surface area (Å²) in [7, 11) is 0. The van der Waals surface area contributed by atoms with Gasteiger partial charge in [-0.05, 0) is 42.8 Å². The van der Waals surface area contributed by atoms with Crippen LogP contribution in [0.15, 0.2) is 60.7 Å². The summed E-state index contributed by atoms with van der Waals surface area (Å²) in [4.78, 5) is 25.8. The maximum absolute atomic E-state index is 12.9. The van der Waals surface area contributed by atoms with Crippen molar-refractivity contribution in [1.82, 2.24) is 20.6 Å². The molecule has 0 radical (unpaired) electrons. The van der Waals surface area contributed by atoms with E-state index >= 15 is 0 Å². The fourth-order valence-corrected chi connectivity index (χ4v) is 4.00. The van der Waals surface area contributed by atoms with Crippen molar-refractivity contribution in [2.75, 3.05) is 0 Å². The summed E-state index contributed by atoms with van der Waals surface area (Å²) < 4.78 is 14.7. The maximum atomic E-state index is 12.9. The lowest BCUT2D eigenvalue weighted by Gasteiger charge is -2.06. The number of rotatable bonds is 4. The Labute approximate surface area is 169 Å². The topological polar surface area (TPSA) is 76.0 Å². The summed E-state index contributed by atoms with van der Waals surface area (Å²) in [5, 5.41) is 5.44. The van der Waals surface area contributed by atoms with Crippen molar-refractivity contribution < 1.29 is 14.0 Å². The van der Waals surface area contributed by atoms with Crippen LogP contribution in [0.25, 0.3) is 15.9 Å². The summed E-state index contributed by atoms with van der Waals surface area (Å²) >= 11 is 1.30. The Morgan fingerprint density at radius 2 is 1.79 bits per heavy atom. The fraction of sp³-hybridized carbons (Fsp3) is 0.0952. The van der Waals surface area contributed by atoms with Crippen LogP contribution in [0.1, 0.15) is 20.9 Å². The molecule has 6 nitrogen and oxygen atoms in total. The highest BCUT2D eigenvalue weighted by Gasteiger charge is 2.17. The Morgan fingerprint density at radius 1 is 1.07 bits per heavy atom. The molecule has 146 valence electrons. The molecule has 0 unspecified atom stereocenters. The van der Waals surface area contributed by atoms with Crippen LogP contribution in [-0.4, -0.2) is 21.6 Å². The molecule has 0 fully saturated rings. The summed E-state index contributed by atoms with van der Waals surface area (Å²) in [5.41, 5.74) is 7.20. The zero-order valence-electron chi connectivity index (χ0n) is 15.5. The van der Waals surface area contributed by atoms with Crippen molar-refractivity contribution in [2.24, 2.45) is 0 Å². The third kappa shape index (κ3) is 4.02. The number of carbonyl (C=O) groups excluding carboxylic acids is 2. The number of aromatic nitrogens is 2. The molecular formula is C21H17FN4O2S. The van der Waals surface area contributed by atoms with Gasteiger partial charge in [0.05, 0.1) is 22.7 Å². The van der Waals surface area contributed by atoms with Crippen LogP contribution in [0, 0.1) is 12.7 Å². The van der Waals surface area contributed by atoms with Gasteiger partial charge in [-0.1, -0.05) is 30.3 Å². The van der Waals surface area contributed by atoms with E-state index in [0.717, 1.165) is 21.6 Å². The fourth-order valence-electron chi connectivity index (χ4n) is 2.92. The van der Waals surface area contributed by atoms with Gasteiger partial charge in [0, 0.05) is 5.39 Å². The van der Waals surface area contributed by atoms with E-state index in [9.17, 15) is 14.0 Å². The maximum Gasteiger partial charge on any atom is 0.279 e. The van der Waals surface area contributed by atoms with Gasteiger partial charge in [-0.25, -0.2) is 9.07 Å². The Kier molecular flexibility index (Phi) is 5.09. The van der Waals surface area contributed by atoms with Crippen molar-refractivity contribution in [2.45, 2.75) is 13.3 Å². The van der Waals surface area contributed by atoms with E-state index in [-0.39, 0.29) is 12.2 Å². The molecule has 0 bridgehead atoms. The number of nitrogens with zero attached hydrogens (tertiary/aromatic N) is 2. The van der Waals surface area contributed by atoms with Crippen LogP contribution in [0.3, 0.4) is 0 Å². The second-order valence-corrected chi connectivity index (χ2v) is 7.50. The monoisotopic (exact) mass is 408 g/mol. The molecule has 0 aliphatic heterocycles. The van der Waals surface area contributed by atoms with Crippen molar-refractivity contribution in [1.29, 1.82) is 0 Å². The molecule has 2 N–H and O–H groups in total. The van der Waals surface area contributed by atoms with E-state index in [4.69, 9.17) is 0 Å². The van der Waals surface area contributed by atoms with Crippen molar-refractivity contribution in [3.63, 3.8) is 0 Å². The third-order valence-electron chi connectivity index (χ3n) is 4.36. The third-order valence-corrected chi connectivity index (χ3v) is 5.47. The summed E-state index contributed by atoms with van der Waals surface area (Å²) in [6, 6.07) is 17.1. The number of nitrogens with one attached hydrogen (secondary N) is 2. The molecular weight excluding hydrogens is 391 g/mol. The Bertz CT molecular complexity index is 1180. The van der Waals surface area contributed by atoms with Crippen LogP contribution in [0.4, 0.5) is 4.39 Å².